The standard InChI is InChI=1S/C31H33N6O7P/c1-41-30(42-2)25(38)23(18-43-45(33)40)44-31(30,37-19-34-24-26(37)35-28(32)36-27(24)39)29(20-12-6-3-7-13-20,21-14-8-4-9-15-21)22-16-10-5-11-17-22/h3-17,19,23,25,38,40H,18,33H2,1-2H3,(H3,32,35,36,39)/t23-,25+,31+,45?/m0/s1. The van der Waals surface area contributed by atoms with Crippen molar-refractivity contribution < 1.29 is 28.7 Å². The van der Waals surface area contributed by atoms with Gasteiger partial charge in [0.2, 0.25) is 26.0 Å². The molecule has 6 rings (SSSR count). The summed E-state index contributed by atoms with van der Waals surface area (Å²) in [7, 11) is 0.455. The van der Waals surface area contributed by atoms with E-state index in [1.54, 1.807) is 0 Å². The molecule has 14 heteroatoms. The Balaban J connectivity index is 1.88. The van der Waals surface area contributed by atoms with Crippen LogP contribution >= 0.6 is 8.53 Å². The molecule has 0 saturated carbocycles. The number of nitrogens with one attached hydrogen (secondary N) is 1. The number of aromatic nitrogens is 4. The molecule has 3 heterocycles. The van der Waals surface area contributed by atoms with E-state index in [4.69, 9.17) is 30.0 Å². The van der Waals surface area contributed by atoms with Crippen molar-refractivity contribution in [3.05, 3.63) is 124 Å². The zero-order valence-electron chi connectivity index (χ0n) is 24.5. The molecule has 0 bridgehead atoms. The van der Waals surface area contributed by atoms with Crippen LogP contribution in [0.25, 0.3) is 11.2 Å². The van der Waals surface area contributed by atoms with Crippen molar-refractivity contribution in [3.8, 4) is 0 Å². The molecule has 1 aliphatic heterocycles. The van der Waals surface area contributed by atoms with E-state index in [1.807, 2.05) is 91.0 Å². The normalized spacial score (nSPS) is 22.1. The van der Waals surface area contributed by atoms with E-state index in [2.05, 4.69) is 15.0 Å². The molecule has 0 aliphatic carbocycles. The van der Waals surface area contributed by atoms with Gasteiger partial charge in [0.1, 0.15) is 12.2 Å². The number of aliphatic hydroxyl groups excluding tert-OH is 1. The maximum Gasteiger partial charge on any atom is 0.280 e. The number of aliphatic hydroxyl groups is 1. The fourth-order valence-electron chi connectivity index (χ4n) is 6.75. The molecule has 2 aromatic heterocycles. The summed E-state index contributed by atoms with van der Waals surface area (Å²) in [5.74, 6) is -2.23. The van der Waals surface area contributed by atoms with Crippen LogP contribution in [0.15, 0.2) is 102 Å². The number of rotatable bonds is 10. The van der Waals surface area contributed by atoms with Gasteiger partial charge >= 0.3 is 0 Å². The van der Waals surface area contributed by atoms with E-state index in [0.29, 0.717) is 16.7 Å². The predicted molar refractivity (Wildman–Crippen MR) is 167 cm³/mol. The lowest BCUT2D eigenvalue weighted by atomic mass is 9.59. The van der Waals surface area contributed by atoms with Crippen molar-refractivity contribution in [1.82, 2.24) is 19.5 Å². The third kappa shape index (κ3) is 4.51. The van der Waals surface area contributed by atoms with Gasteiger partial charge in [-0.05, 0) is 16.7 Å². The van der Waals surface area contributed by atoms with Crippen LogP contribution < -0.4 is 16.8 Å². The van der Waals surface area contributed by atoms with Crippen LogP contribution in [0.5, 0.6) is 0 Å². The highest BCUT2D eigenvalue weighted by Gasteiger charge is 2.78. The molecule has 1 unspecified atom stereocenters. The van der Waals surface area contributed by atoms with Crippen LogP contribution in [0, 0.1) is 0 Å². The number of imidazole rings is 1. The van der Waals surface area contributed by atoms with Crippen LogP contribution in [-0.2, 0) is 29.9 Å². The van der Waals surface area contributed by atoms with Gasteiger partial charge in [-0.1, -0.05) is 91.0 Å². The molecule has 7 N–H and O–H groups in total. The zero-order chi connectivity index (χ0) is 31.8. The summed E-state index contributed by atoms with van der Waals surface area (Å²) >= 11 is 0. The molecule has 45 heavy (non-hydrogen) atoms. The highest BCUT2D eigenvalue weighted by molar-refractivity contribution is 7.43. The Labute approximate surface area is 259 Å². The second-order valence-electron chi connectivity index (χ2n) is 10.5. The van der Waals surface area contributed by atoms with Gasteiger partial charge in [-0.2, -0.15) is 4.98 Å². The number of aromatic amines is 1. The number of fused-ring (bicyclic) bond motifs is 1. The van der Waals surface area contributed by atoms with Crippen LogP contribution in [0.1, 0.15) is 16.7 Å². The first-order valence-corrected chi connectivity index (χ1v) is 15.3. The minimum atomic E-state index is -2.31. The second-order valence-corrected chi connectivity index (χ2v) is 11.4. The topological polar surface area (TPSA) is 193 Å². The lowest BCUT2D eigenvalue weighted by molar-refractivity contribution is -0.337. The summed E-state index contributed by atoms with van der Waals surface area (Å²) in [5.41, 5.74) is 9.78. The van der Waals surface area contributed by atoms with Crippen molar-refractivity contribution in [2.24, 2.45) is 5.50 Å². The average Bonchev–Trinajstić information content (AvgIpc) is 3.59. The minimum Gasteiger partial charge on any atom is -0.384 e. The number of benzene rings is 3. The van der Waals surface area contributed by atoms with Crippen molar-refractivity contribution in [1.29, 1.82) is 0 Å². The third-order valence-electron chi connectivity index (χ3n) is 8.41. The first kappa shape index (κ1) is 31.0. The van der Waals surface area contributed by atoms with E-state index in [1.165, 1.54) is 25.1 Å². The number of nitrogens with zero attached hydrogens (tertiary/aromatic N) is 3. The average molecular weight is 633 g/mol. The van der Waals surface area contributed by atoms with Gasteiger partial charge in [-0.25, -0.2) is 4.98 Å². The van der Waals surface area contributed by atoms with E-state index in [-0.39, 0.29) is 23.7 Å². The third-order valence-corrected chi connectivity index (χ3v) is 8.82. The molecule has 234 valence electrons. The Hall–Kier alpha value is -4.04. The number of hydrogen-bond donors (Lipinski definition) is 5. The molecule has 1 saturated heterocycles. The monoisotopic (exact) mass is 632 g/mol. The first-order chi connectivity index (χ1) is 21.8. The highest BCUT2D eigenvalue weighted by Crippen LogP contribution is 2.62. The minimum absolute atomic E-state index is 0.0357. The zero-order valence-corrected chi connectivity index (χ0v) is 25.4. The molecular weight excluding hydrogens is 599 g/mol. The Bertz CT molecular complexity index is 1720. The fourth-order valence-corrected chi connectivity index (χ4v) is 7.05. The summed E-state index contributed by atoms with van der Waals surface area (Å²) < 4.78 is 26.6. The summed E-state index contributed by atoms with van der Waals surface area (Å²) in [6, 6.07) is 28.5. The Morgan fingerprint density at radius 2 is 1.49 bits per heavy atom. The van der Waals surface area contributed by atoms with E-state index in [9.17, 15) is 14.8 Å². The molecule has 0 spiro atoms. The van der Waals surface area contributed by atoms with Crippen molar-refractivity contribution in [3.63, 3.8) is 0 Å². The number of nitrogen functional groups attached to an aromatic ring is 1. The number of ether oxygens (including phenoxy) is 3. The highest BCUT2D eigenvalue weighted by atomic mass is 31.2. The largest absolute Gasteiger partial charge is 0.384 e. The Morgan fingerprint density at radius 3 is 1.96 bits per heavy atom. The molecular formula is C31H33N6O7P. The molecule has 3 aromatic carbocycles. The van der Waals surface area contributed by atoms with E-state index >= 15 is 0 Å². The van der Waals surface area contributed by atoms with Crippen LogP contribution in [0.3, 0.4) is 0 Å². The SMILES string of the molecule is COC1(OC)[C@H](O)[C@H](COP(N)O)O[C@]1(n1cnc2c(=O)[nH]c(N)nc21)C(c1ccccc1)(c1ccccc1)c1ccccc1. The summed E-state index contributed by atoms with van der Waals surface area (Å²) in [6.07, 6.45) is -1.37. The molecule has 0 radical (unpaired) electrons. The van der Waals surface area contributed by atoms with Gasteiger partial charge in [0.25, 0.3) is 5.56 Å². The van der Waals surface area contributed by atoms with Gasteiger partial charge in [-0.15, -0.1) is 0 Å². The predicted octanol–water partition coefficient (Wildman–Crippen LogP) is 2.33. The lowest BCUT2D eigenvalue weighted by Gasteiger charge is -2.55. The van der Waals surface area contributed by atoms with E-state index < -0.39 is 43.2 Å². The van der Waals surface area contributed by atoms with Gasteiger partial charge in [0.15, 0.2) is 11.2 Å². The van der Waals surface area contributed by atoms with Crippen LogP contribution in [-0.4, -0.2) is 68.3 Å². The van der Waals surface area contributed by atoms with Crippen LogP contribution in [0.4, 0.5) is 5.95 Å². The summed E-state index contributed by atoms with van der Waals surface area (Å²) in [5, 5.41) is 12.2. The Kier molecular flexibility index (Phi) is 8.29. The molecule has 4 atom stereocenters. The van der Waals surface area contributed by atoms with Crippen molar-refractivity contribution in [2.75, 3.05) is 26.6 Å². The quantitative estimate of drug-likeness (QED) is 0.0862. The van der Waals surface area contributed by atoms with Crippen molar-refractivity contribution >= 4 is 25.6 Å². The maximum absolute atomic E-state index is 13.1. The molecule has 5 aromatic rings. The summed E-state index contributed by atoms with van der Waals surface area (Å²) in [4.78, 5) is 34.5. The van der Waals surface area contributed by atoms with E-state index in [0.717, 1.165) is 0 Å². The second kappa shape index (κ2) is 12.0. The molecule has 1 aliphatic rings. The molecule has 1 fully saturated rings. The number of methoxy groups -OCH3 is 2. The van der Waals surface area contributed by atoms with Gasteiger partial charge < -0.3 is 34.5 Å². The Morgan fingerprint density at radius 1 is 0.978 bits per heavy atom. The van der Waals surface area contributed by atoms with Crippen molar-refractivity contribution in [2.45, 2.75) is 29.1 Å². The number of nitrogens with two attached hydrogens (primary N) is 2. The van der Waals surface area contributed by atoms with Gasteiger partial charge in [0, 0.05) is 14.2 Å². The van der Waals surface area contributed by atoms with Gasteiger partial charge in [-0.3, -0.25) is 19.8 Å². The number of anilines is 1. The summed E-state index contributed by atoms with van der Waals surface area (Å²) in [6.45, 7) is -0.340. The maximum atomic E-state index is 13.1. The first-order valence-electron chi connectivity index (χ1n) is 14.0. The number of hydrogen-bond acceptors (Lipinski definition) is 11. The smallest absolute Gasteiger partial charge is 0.280 e. The van der Waals surface area contributed by atoms with Crippen LogP contribution in [0.2, 0.25) is 0 Å². The fraction of sp³-hybridized carbons (Fsp3) is 0.258. The molecule has 0 amide bonds. The molecule has 13 nitrogen and oxygen atoms in total. The van der Waals surface area contributed by atoms with Gasteiger partial charge in [0.05, 0.1) is 18.3 Å². The number of H-pyrrole nitrogens is 1. The lowest BCUT2D eigenvalue weighted by Crippen LogP contribution is -2.69.